The lowest BCUT2D eigenvalue weighted by atomic mass is 10.2. The lowest BCUT2D eigenvalue weighted by Crippen LogP contribution is -2.46. The monoisotopic (exact) mass is 306 g/mol. The summed E-state index contributed by atoms with van der Waals surface area (Å²) in [5.74, 6) is 0. The predicted molar refractivity (Wildman–Crippen MR) is 85.5 cm³/mol. The van der Waals surface area contributed by atoms with Crippen LogP contribution in [-0.4, -0.2) is 54.3 Å². The van der Waals surface area contributed by atoms with Crippen LogP contribution in [0, 0.1) is 0 Å². The molecule has 1 saturated heterocycles. The van der Waals surface area contributed by atoms with Crippen LogP contribution >= 0.6 is 0 Å². The summed E-state index contributed by atoms with van der Waals surface area (Å²) >= 11 is 0. The lowest BCUT2D eigenvalue weighted by molar-refractivity contribution is -0.0679. The van der Waals surface area contributed by atoms with Crippen LogP contribution in [0.3, 0.4) is 0 Å². The summed E-state index contributed by atoms with van der Waals surface area (Å²) in [6.45, 7) is 8.25. The Morgan fingerprint density at radius 3 is 2.77 bits per heavy atom. The summed E-state index contributed by atoms with van der Waals surface area (Å²) in [4.78, 5) is 18.2. The molecule has 1 aromatic heterocycles. The third-order valence-electron chi connectivity index (χ3n) is 3.59. The smallest absolute Gasteiger partial charge is 0.315 e. The zero-order valence-corrected chi connectivity index (χ0v) is 13.4. The number of urea groups is 1. The summed E-state index contributed by atoms with van der Waals surface area (Å²) in [5.41, 5.74) is 0.856. The number of aromatic nitrogens is 1. The van der Waals surface area contributed by atoms with Gasteiger partial charge in [0.1, 0.15) is 0 Å². The second-order valence-corrected chi connectivity index (χ2v) is 5.80. The lowest BCUT2D eigenvalue weighted by Gasteiger charge is -2.35. The number of hydrogen-bond acceptors (Lipinski definition) is 4. The SMILES string of the molecule is CC1CN(CCCNC(=O)NCc2ccccn2)CC(C)O1. The number of hydrogen-bond donors (Lipinski definition) is 2. The highest BCUT2D eigenvalue weighted by Crippen LogP contribution is 2.10. The molecule has 2 unspecified atom stereocenters. The van der Waals surface area contributed by atoms with E-state index in [4.69, 9.17) is 4.74 Å². The van der Waals surface area contributed by atoms with E-state index in [-0.39, 0.29) is 6.03 Å². The van der Waals surface area contributed by atoms with Crippen molar-refractivity contribution in [2.24, 2.45) is 0 Å². The Bertz CT molecular complexity index is 445. The Hall–Kier alpha value is -1.66. The zero-order chi connectivity index (χ0) is 15.8. The van der Waals surface area contributed by atoms with Gasteiger partial charge in [-0.1, -0.05) is 6.07 Å². The normalized spacial score (nSPS) is 22.3. The first-order chi connectivity index (χ1) is 10.6. The van der Waals surface area contributed by atoms with Crippen molar-refractivity contribution in [2.75, 3.05) is 26.2 Å². The van der Waals surface area contributed by atoms with Gasteiger partial charge in [0.25, 0.3) is 0 Å². The molecule has 1 aromatic rings. The van der Waals surface area contributed by atoms with Crippen molar-refractivity contribution in [3.8, 4) is 0 Å². The van der Waals surface area contributed by atoms with Crippen LogP contribution in [-0.2, 0) is 11.3 Å². The second-order valence-electron chi connectivity index (χ2n) is 5.80. The summed E-state index contributed by atoms with van der Waals surface area (Å²) in [6, 6.07) is 5.51. The average molecular weight is 306 g/mol. The van der Waals surface area contributed by atoms with Crippen LogP contribution in [0.15, 0.2) is 24.4 Å². The number of morpholine rings is 1. The molecular formula is C16H26N4O2. The van der Waals surface area contributed by atoms with Gasteiger partial charge in [0, 0.05) is 32.4 Å². The molecule has 2 atom stereocenters. The minimum absolute atomic E-state index is 0.144. The molecule has 122 valence electrons. The highest BCUT2D eigenvalue weighted by molar-refractivity contribution is 5.73. The van der Waals surface area contributed by atoms with Crippen molar-refractivity contribution in [3.05, 3.63) is 30.1 Å². The van der Waals surface area contributed by atoms with Gasteiger partial charge in [-0.3, -0.25) is 9.88 Å². The summed E-state index contributed by atoms with van der Waals surface area (Å²) in [5, 5.41) is 5.68. The molecule has 0 radical (unpaired) electrons. The van der Waals surface area contributed by atoms with Gasteiger partial charge in [-0.05, 0) is 32.4 Å². The van der Waals surface area contributed by atoms with E-state index in [0.717, 1.165) is 31.7 Å². The molecule has 6 nitrogen and oxygen atoms in total. The quantitative estimate of drug-likeness (QED) is 0.779. The van der Waals surface area contributed by atoms with Gasteiger partial charge in [0.15, 0.2) is 0 Å². The highest BCUT2D eigenvalue weighted by atomic mass is 16.5. The minimum atomic E-state index is -0.144. The Morgan fingerprint density at radius 1 is 1.32 bits per heavy atom. The topological polar surface area (TPSA) is 66.5 Å². The molecule has 0 spiro atoms. The fourth-order valence-corrected chi connectivity index (χ4v) is 2.71. The van der Waals surface area contributed by atoms with Crippen molar-refractivity contribution in [1.29, 1.82) is 0 Å². The third kappa shape index (κ3) is 5.99. The van der Waals surface area contributed by atoms with Gasteiger partial charge >= 0.3 is 6.03 Å². The predicted octanol–water partition coefficient (Wildman–Crippen LogP) is 1.38. The standard InChI is InChI=1S/C16H26N4O2/c1-13-11-20(12-14(2)22-13)9-5-8-18-16(21)19-10-15-6-3-4-7-17-15/h3-4,6-7,13-14H,5,8-12H2,1-2H3,(H2,18,19,21). The molecule has 2 N–H and O–H groups in total. The number of ether oxygens (including phenoxy) is 1. The minimum Gasteiger partial charge on any atom is -0.373 e. The van der Waals surface area contributed by atoms with Crippen molar-refractivity contribution in [1.82, 2.24) is 20.5 Å². The van der Waals surface area contributed by atoms with Crippen LogP contribution in [0.1, 0.15) is 26.0 Å². The first kappa shape index (κ1) is 16.7. The van der Waals surface area contributed by atoms with Crippen molar-refractivity contribution >= 4 is 6.03 Å². The Labute approximate surface area is 132 Å². The molecule has 1 aliphatic heterocycles. The van der Waals surface area contributed by atoms with Crippen LogP contribution < -0.4 is 10.6 Å². The average Bonchev–Trinajstić information content (AvgIpc) is 2.50. The summed E-state index contributed by atoms with van der Waals surface area (Å²) in [7, 11) is 0. The van der Waals surface area contributed by atoms with Crippen molar-refractivity contribution < 1.29 is 9.53 Å². The first-order valence-electron chi connectivity index (χ1n) is 7.93. The molecule has 0 bridgehead atoms. The van der Waals surface area contributed by atoms with Gasteiger partial charge in [-0.2, -0.15) is 0 Å². The Kier molecular flexibility index (Phi) is 6.61. The molecule has 0 aliphatic carbocycles. The van der Waals surface area contributed by atoms with Crippen LogP contribution in [0.25, 0.3) is 0 Å². The fraction of sp³-hybridized carbons (Fsp3) is 0.625. The molecule has 6 heteroatoms. The molecule has 2 amide bonds. The second kappa shape index (κ2) is 8.70. The van der Waals surface area contributed by atoms with Gasteiger partial charge < -0.3 is 15.4 Å². The van der Waals surface area contributed by atoms with E-state index in [1.807, 2.05) is 18.2 Å². The highest BCUT2D eigenvalue weighted by Gasteiger charge is 2.21. The van der Waals surface area contributed by atoms with Crippen LogP contribution in [0.2, 0.25) is 0 Å². The zero-order valence-electron chi connectivity index (χ0n) is 13.4. The van der Waals surface area contributed by atoms with Gasteiger partial charge in [-0.15, -0.1) is 0 Å². The van der Waals surface area contributed by atoms with Crippen LogP contribution in [0.5, 0.6) is 0 Å². The third-order valence-corrected chi connectivity index (χ3v) is 3.59. The molecule has 22 heavy (non-hydrogen) atoms. The molecule has 1 fully saturated rings. The maximum atomic E-state index is 11.7. The number of carbonyl (C=O) groups is 1. The van der Waals surface area contributed by atoms with E-state index >= 15 is 0 Å². The summed E-state index contributed by atoms with van der Waals surface area (Å²) < 4.78 is 5.71. The maximum absolute atomic E-state index is 11.7. The molecule has 0 aromatic carbocycles. The van der Waals surface area contributed by atoms with Gasteiger partial charge in [0.2, 0.25) is 0 Å². The number of carbonyl (C=O) groups excluding carboxylic acids is 1. The molecule has 2 heterocycles. The van der Waals surface area contributed by atoms with Gasteiger partial charge in [-0.25, -0.2) is 4.79 Å². The van der Waals surface area contributed by atoms with E-state index in [0.29, 0.717) is 25.3 Å². The number of nitrogens with one attached hydrogen (secondary N) is 2. The molecule has 0 saturated carbocycles. The van der Waals surface area contributed by atoms with E-state index in [1.54, 1.807) is 6.20 Å². The largest absolute Gasteiger partial charge is 0.373 e. The molecular weight excluding hydrogens is 280 g/mol. The van der Waals surface area contributed by atoms with E-state index < -0.39 is 0 Å². The number of nitrogens with zero attached hydrogens (tertiary/aromatic N) is 2. The molecule has 1 aliphatic rings. The van der Waals surface area contributed by atoms with E-state index in [9.17, 15) is 4.79 Å². The Morgan fingerprint density at radius 2 is 2.09 bits per heavy atom. The van der Waals surface area contributed by atoms with Crippen molar-refractivity contribution in [2.45, 2.75) is 39.0 Å². The van der Waals surface area contributed by atoms with Crippen LogP contribution in [0.4, 0.5) is 4.79 Å². The number of amides is 2. The Balaban J connectivity index is 1.55. The van der Waals surface area contributed by atoms with E-state index in [1.165, 1.54) is 0 Å². The fourth-order valence-electron chi connectivity index (χ4n) is 2.71. The number of pyridine rings is 1. The first-order valence-corrected chi connectivity index (χ1v) is 7.93. The van der Waals surface area contributed by atoms with Crippen molar-refractivity contribution in [3.63, 3.8) is 0 Å². The summed E-state index contributed by atoms with van der Waals surface area (Å²) in [6.07, 6.45) is 3.24. The maximum Gasteiger partial charge on any atom is 0.315 e. The van der Waals surface area contributed by atoms with Gasteiger partial charge in [0.05, 0.1) is 24.4 Å². The molecule has 2 rings (SSSR count). The number of rotatable bonds is 6. The van der Waals surface area contributed by atoms with E-state index in [2.05, 4.69) is 34.4 Å².